The van der Waals surface area contributed by atoms with Crippen LogP contribution in [0.15, 0.2) is 0 Å². The Hall–Kier alpha value is -0.0800. The molecule has 2 nitrogen and oxygen atoms in total. The normalized spacial score (nSPS) is 34.7. The minimum absolute atomic E-state index is 0.713. The van der Waals surface area contributed by atoms with Gasteiger partial charge in [-0.05, 0) is 39.2 Å². The highest BCUT2D eigenvalue weighted by molar-refractivity contribution is 4.96. The first kappa shape index (κ1) is 10.4. The first-order valence-electron chi connectivity index (χ1n) is 6.31. The fourth-order valence-corrected chi connectivity index (χ4v) is 3.16. The van der Waals surface area contributed by atoms with E-state index in [4.69, 9.17) is 0 Å². The van der Waals surface area contributed by atoms with Crippen LogP contribution in [-0.2, 0) is 0 Å². The SMILES string of the molecule is CCCC(C)NC1CCN2CCCC12. The molecule has 3 atom stereocenters. The lowest BCUT2D eigenvalue weighted by atomic mass is 10.0. The molecule has 2 aliphatic heterocycles. The standard InChI is InChI=1S/C12H24N2/c1-3-5-10(2)13-11-7-9-14-8-4-6-12(11)14/h10-13H,3-9H2,1-2H3. The number of hydrogen-bond donors (Lipinski definition) is 1. The quantitative estimate of drug-likeness (QED) is 0.740. The number of fused-ring (bicyclic) bond motifs is 1. The molecule has 0 aliphatic carbocycles. The minimum atomic E-state index is 0.713. The van der Waals surface area contributed by atoms with Gasteiger partial charge in [0.2, 0.25) is 0 Å². The summed E-state index contributed by atoms with van der Waals surface area (Å²) in [6, 6.07) is 2.37. The summed E-state index contributed by atoms with van der Waals surface area (Å²) in [6.07, 6.45) is 6.85. The van der Waals surface area contributed by atoms with Gasteiger partial charge >= 0.3 is 0 Å². The Morgan fingerprint density at radius 3 is 3.00 bits per heavy atom. The number of rotatable bonds is 4. The van der Waals surface area contributed by atoms with E-state index in [0.29, 0.717) is 6.04 Å². The van der Waals surface area contributed by atoms with Gasteiger partial charge in [-0.15, -0.1) is 0 Å². The minimum Gasteiger partial charge on any atom is -0.310 e. The molecule has 3 unspecified atom stereocenters. The molecule has 0 amide bonds. The van der Waals surface area contributed by atoms with Gasteiger partial charge in [0, 0.05) is 24.7 Å². The molecule has 2 rings (SSSR count). The summed E-state index contributed by atoms with van der Waals surface area (Å²) in [6.45, 7) is 7.29. The fourth-order valence-electron chi connectivity index (χ4n) is 3.16. The molecule has 0 aromatic carbocycles. The Kier molecular flexibility index (Phi) is 3.45. The lowest BCUT2D eigenvalue weighted by molar-refractivity contribution is 0.288. The lowest BCUT2D eigenvalue weighted by Gasteiger charge is -2.24. The van der Waals surface area contributed by atoms with E-state index < -0.39 is 0 Å². The van der Waals surface area contributed by atoms with Crippen LogP contribution in [-0.4, -0.2) is 36.1 Å². The monoisotopic (exact) mass is 196 g/mol. The van der Waals surface area contributed by atoms with Crippen molar-refractivity contribution in [1.29, 1.82) is 0 Å². The van der Waals surface area contributed by atoms with Crippen LogP contribution in [0.25, 0.3) is 0 Å². The van der Waals surface area contributed by atoms with E-state index in [9.17, 15) is 0 Å². The molecule has 0 aromatic heterocycles. The zero-order valence-corrected chi connectivity index (χ0v) is 9.63. The van der Waals surface area contributed by atoms with Crippen LogP contribution in [0.3, 0.4) is 0 Å². The molecule has 0 aromatic rings. The van der Waals surface area contributed by atoms with E-state index in [0.717, 1.165) is 12.1 Å². The zero-order valence-electron chi connectivity index (χ0n) is 9.63. The summed E-state index contributed by atoms with van der Waals surface area (Å²) >= 11 is 0. The second kappa shape index (κ2) is 4.63. The predicted octanol–water partition coefficient (Wildman–Crippen LogP) is 2.00. The molecule has 2 fully saturated rings. The molecule has 2 heteroatoms. The summed E-state index contributed by atoms with van der Waals surface area (Å²) in [5.41, 5.74) is 0. The van der Waals surface area contributed by atoms with Crippen molar-refractivity contribution in [3.8, 4) is 0 Å². The molecule has 2 aliphatic rings. The molecule has 82 valence electrons. The van der Waals surface area contributed by atoms with Gasteiger partial charge in [0.15, 0.2) is 0 Å². The molecule has 1 N–H and O–H groups in total. The smallest absolute Gasteiger partial charge is 0.0250 e. The topological polar surface area (TPSA) is 15.3 Å². The molecule has 0 spiro atoms. The van der Waals surface area contributed by atoms with Crippen molar-refractivity contribution in [3.05, 3.63) is 0 Å². The van der Waals surface area contributed by atoms with Gasteiger partial charge in [-0.1, -0.05) is 13.3 Å². The fraction of sp³-hybridized carbons (Fsp3) is 1.00. The average molecular weight is 196 g/mol. The third-order valence-electron chi connectivity index (χ3n) is 3.83. The van der Waals surface area contributed by atoms with Gasteiger partial charge in [-0.2, -0.15) is 0 Å². The number of nitrogens with one attached hydrogen (secondary N) is 1. The average Bonchev–Trinajstić information content (AvgIpc) is 2.70. The Morgan fingerprint density at radius 1 is 1.36 bits per heavy atom. The van der Waals surface area contributed by atoms with E-state index >= 15 is 0 Å². The van der Waals surface area contributed by atoms with Crippen LogP contribution in [0.5, 0.6) is 0 Å². The van der Waals surface area contributed by atoms with Gasteiger partial charge in [-0.25, -0.2) is 0 Å². The van der Waals surface area contributed by atoms with Crippen LogP contribution in [0, 0.1) is 0 Å². The highest BCUT2D eigenvalue weighted by Crippen LogP contribution is 2.28. The van der Waals surface area contributed by atoms with Crippen molar-refractivity contribution in [2.75, 3.05) is 13.1 Å². The largest absolute Gasteiger partial charge is 0.310 e. The van der Waals surface area contributed by atoms with E-state index in [1.165, 1.54) is 45.2 Å². The van der Waals surface area contributed by atoms with Crippen molar-refractivity contribution in [2.45, 2.75) is 64.1 Å². The lowest BCUT2D eigenvalue weighted by Crippen LogP contribution is -2.43. The highest BCUT2D eigenvalue weighted by atomic mass is 15.2. The summed E-state index contributed by atoms with van der Waals surface area (Å²) in [4.78, 5) is 2.68. The Balaban J connectivity index is 1.80. The maximum atomic E-state index is 3.81. The maximum Gasteiger partial charge on any atom is 0.0250 e. The van der Waals surface area contributed by atoms with Gasteiger partial charge < -0.3 is 5.32 Å². The van der Waals surface area contributed by atoms with E-state index in [1.807, 2.05) is 0 Å². The van der Waals surface area contributed by atoms with Gasteiger partial charge in [0.05, 0.1) is 0 Å². The summed E-state index contributed by atoms with van der Waals surface area (Å²) in [5.74, 6) is 0. The number of hydrogen-bond acceptors (Lipinski definition) is 2. The molecule has 0 bridgehead atoms. The molecule has 14 heavy (non-hydrogen) atoms. The number of nitrogens with zero attached hydrogens (tertiary/aromatic N) is 1. The second-order valence-corrected chi connectivity index (χ2v) is 5.00. The summed E-state index contributed by atoms with van der Waals surface area (Å²) in [5, 5.41) is 3.81. The molecule has 2 heterocycles. The summed E-state index contributed by atoms with van der Waals surface area (Å²) < 4.78 is 0. The molecular weight excluding hydrogens is 172 g/mol. The molecular formula is C12H24N2. The Labute approximate surface area is 88.1 Å². The van der Waals surface area contributed by atoms with Crippen LogP contribution >= 0.6 is 0 Å². The van der Waals surface area contributed by atoms with E-state index in [2.05, 4.69) is 24.1 Å². The van der Waals surface area contributed by atoms with Gasteiger partial charge in [0.25, 0.3) is 0 Å². The summed E-state index contributed by atoms with van der Waals surface area (Å²) in [7, 11) is 0. The van der Waals surface area contributed by atoms with Gasteiger partial charge in [0.1, 0.15) is 0 Å². The van der Waals surface area contributed by atoms with Crippen LogP contribution in [0.4, 0.5) is 0 Å². The van der Waals surface area contributed by atoms with Crippen LogP contribution < -0.4 is 5.32 Å². The van der Waals surface area contributed by atoms with Crippen LogP contribution in [0.1, 0.15) is 46.0 Å². The third kappa shape index (κ3) is 2.12. The molecule has 0 saturated carbocycles. The highest BCUT2D eigenvalue weighted by Gasteiger charge is 2.37. The second-order valence-electron chi connectivity index (χ2n) is 5.00. The first-order valence-corrected chi connectivity index (χ1v) is 6.31. The zero-order chi connectivity index (χ0) is 9.97. The third-order valence-corrected chi connectivity index (χ3v) is 3.83. The molecule has 0 radical (unpaired) electrons. The van der Waals surface area contributed by atoms with Crippen molar-refractivity contribution in [2.24, 2.45) is 0 Å². The van der Waals surface area contributed by atoms with Crippen LogP contribution in [0.2, 0.25) is 0 Å². The predicted molar refractivity (Wildman–Crippen MR) is 60.5 cm³/mol. The van der Waals surface area contributed by atoms with Crippen molar-refractivity contribution in [3.63, 3.8) is 0 Å². The van der Waals surface area contributed by atoms with Crippen molar-refractivity contribution >= 4 is 0 Å². The van der Waals surface area contributed by atoms with E-state index in [1.54, 1.807) is 0 Å². The first-order chi connectivity index (χ1) is 6.81. The Bertz CT molecular complexity index is 181. The van der Waals surface area contributed by atoms with Crippen molar-refractivity contribution in [1.82, 2.24) is 10.2 Å². The Morgan fingerprint density at radius 2 is 2.21 bits per heavy atom. The van der Waals surface area contributed by atoms with E-state index in [-0.39, 0.29) is 0 Å². The van der Waals surface area contributed by atoms with Gasteiger partial charge in [-0.3, -0.25) is 4.90 Å². The maximum absolute atomic E-state index is 3.81. The van der Waals surface area contributed by atoms with Crippen molar-refractivity contribution < 1.29 is 0 Å². The molecule has 2 saturated heterocycles.